The van der Waals surface area contributed by atoms with Crippen molar-refractivity contribution in [3.8, 4) is 0 Å². The van der Waals surface area contributed by atoms with Gasteiger partial charge >= 0.3 is 0 Å². The van der Waals surface area contributed by atoms with E-state index in [1.54, 1.807) is 12.1 Å². The van der Waals surface area contributed by atoms with E-state index < -0.39 is 10.0 Å². The first-order valence-electron chi connectivity index (χ1n) is 6.49. The monoisotopic (exact) mass is 297 g/mol. The molecule has 1 heterocycles. The van der Waals surface area contributed by atoms with Crippen LogP contribution in [0.5, 0.6) is 0 Å². The average Bonchev–Trinajstić information content (AvgIpc) is 2.85. The molecule has 2 unspecified atom stereocenters. The minimum absolute atomic E-state index is 0.0354. The molecule has 7 heteroatoms. The van der Waals surface area contributed by atoms with Crippen molar-refractivity contribution in [2.45, 2.75) is 11.8 Å². The van der Waals surface area contributed by atoms with E-state index in [0.29, 0.717) is 18.2 Å². The van der Waals surface area contributed by atoms with E-state index in [1.165, 1.54) is 19.2 Å². The van der Waals surface area contributed by atoms with E-state index in [2.05, 4.69) is 15.4 Å². The summed E-state index contributed by atoms with van der Waals surface area (Å²) in [6.07, 6.45) is 0. The summed E-state index contributed by atoms with van der Waals surface area (Å²) in [6.45, 7) is 3.56. The minimum Gasteiger partial charge on any atom is -0.326 e. The van der Waals surface area contributed by atoms with Crippen LogP contribution in [0.25, 0.3) is 0 Å². The normalized spacial score (nSPS) is 22.7. The Labute approximate surface area is 119 Å². The van der Waals surface area contributed by atoms with Gasteiger partial charge in [-0.05, 0) is 43.8 Å². The topological polar surface area (TPSA) is 87.3 Å². The van der Waals surface area contributed by atoms with Crippen molar-refractivity contribution in [3.05, 3.63) is 24.3 Å². The third-order valence-corrected chi connectivity index (χ3v) is 4.99. The molecule has 1 aromatic carbocycles. The lowest BCUT2D eigenvalue weighted by Crippen LogP contribution is -2.27. The number of benzene rings is 1. The first-order chi connectivity index (χ1) is 9.44. The van der Waals surface area contributed by atoms with Crippen molar-refractivity contribution in [1.82, 2.24) is 10.0 Å². The number of carbonyl (C=O) groups excluding carboxylic acids is 1. The van der Waals surface area contributed by atoms with Crippen LogP contribution in [0.2, 0.25) is 0 Å². The van der Waals surface area contributed by atoms with Crippen molar-refractivity contribution in [3.63, 3.8) is 0 Å². The number of rotatable bonds is 4. The Kier molecular flexibility index (Phi) is 4.42. The highest BCUT2D eigenvalue weighted by molar-refractivity contribution is 7.89. The van der Waals surface area contributed by atoms with Crippen LogP contribution >= 0.6 is 0 Å². The maximum atomic E-state index is 12.1. The minimum atomic E-state index is -3.44. The van der Waals surface area contributed by atoms with Gasteiger partial charge in [-0.3, -0.25) is 4.79 Å². The smallest absolute Gasteiger partial charge is 0.240 e. The van der Waals surface area contributed by atoms with Crippen LogP contribution in [0.1, 0.15) is 6.92 Å². The van der Waals surface area contributed by atoms with E-state index in [-0.39, 0.29) is 16.7 Å². The lowest BCUT2D eigenvalue weighted by Gasteiger charge is -2.14. The molecule has 6 nitrogen and oxygen atoms in total. The van der Waals surface area contributed by atoms with Crippen LogP contribution in [-0.2, 0) is 14.8 Å². The zero-order chi connectivity index (χ0) is 14.8. The van der Waals surface area contributed by atoms with Crippen LogP contribution in [0, 0.1) is 11.8 Å². The molecule has 2 atom stereocenters. The molecule has 0 aliphatic carbocycles. The maximum absolute atomic E-state index is 12.1. The number of hydrogen-bond donors (Lipinski definition) is 3. The second kappa shape index (κ2) is 5.90. The summed E-state index contributed by atoms with van der Waals surface area (Å²) in [4.78, 5) is 12.3. The zero-order valence-corrected chi connectivity index (χ0v) is 12.3. The molecule has 110 valence electrons. The molecule has 0 bridgehead atoms. The van der Waals surface area contributed by atoms with E-state index in [4.69, 9.17) is 0 Å². The molecule has 0 saturated carbocycles. The molecule has 1 aliphatic rings. The fraction of sp³-hybridized carbons (Fsp3) is 0.462. The molecule has 3 N–H and O–H groups in total. The van der Waals surface area contributed by atoms with E-state index in [1.807, 2.05) is 6.92 Å². The summed E-state index contributed by atoms with van der Waals surface area (Å²) >= 11 is 0. The first kappa shape index (κ1) is 15.0. The molecule has 1 saturated heterocycles. The lowest BCUT2D eigenvalue weighted by atomic mass is 9.97. The van der Waals surface area contributed by atoms with E-state index in [9.17, 15) is 13.2 Å². The Morgan fingerprint density at radius 2 is 1.90 bits per heavy atom. The number of anilines is 1. The van der Waals surface area contributed by atoms with Crippen molar-refractivity contribution in [1.29, 1.82) is 0 Å². The van der Waals surface area contributed by atoms with Crippen molar-refractivity contribution >= 4 is 21.6 Å². The largest absolute Gasteiger partial charge is 0.326 e. The predicted octanol–water partition coefficient (Wildman–Crippen LogP) is 0.389. The lowest BCUT2D eigenvalue weighted by molar-refractivity contribution is -0.120. The van der Waals surface area contributed by atoms with Gasteiger partial charge in [-0.2, -0.15) is 0 Å². The van der Waals surface area contributed by atoms with E-state index in [0.717, 1.165) is 6.54 Å². The molecule has 1 aliphatic heterocycles. The second-order valence-corrected chi connectivity index (χ2v) is 6.85. The quantitative estimate of drug-likeness (QED) is 0.750. The molecule has 1 fully saturated rings. The van der Waals surface area contributed by atoms with Gasteiger partial charge in [0.2, 0.25) is 15.9 Å². The van der Waals surface area contributed by atoms with Gasteiger partial charge in [0.05, 0.1) is 10.8 Å². The molecule has 0 radical (unpaired) electrons. The third-order valence-electron chi connectivity index (χ3n) is 3.56. The maximum Gasteiger partial charge on any atom is 0.240 e. The van der Waals surface area contributed by atoms with Crippen LogP contribution in [0.4, 0.5) is 5.69 Å². The Bertz CT molecular complexity index is 583. The SMILES string of the molecule is CNS(=O)(=O)c1ccc(NC(=O)C2CNCC2C)cc1. The fourth-order valence-electron chi connectivity index (χ4n) is 2.23. The highest BCUT2D eigenvalue weighted by atomic mass is 32.2. The summed E-state index contributed by atoms with van der Waals surface area (Å²) in [5.74, 6) is 0.224. The number of nitrogens with one attached hydrogen (secondary N) is 3. The molecule has 2 rings (SSSR count). The fourth-order valence-corrected chi connectivity index (χ4v) is 2.96. The van der Waals surface area contributed by atoms with Gasteiger partial charge in [0.25, 0.3) is 0 Å². The molecular weight excluding hydrogens is 278 g/mol. The highest BCUT2D eigenvalue weighted by Gasteiger charge is 2.29. The third kappa shape index (κ3) is 3.17. The van der Waals surface area contributed by atoms with Crippen molar-refractivity contribution in [2.24, 2.45) is 11.8 Å². The first-order valence-corrected chi connectivity index (χ1v) is 7.97. The van der Waals surface area contributed by atoms with Crippen LogP contribution < -0.4 is 15.4 Å². The van der Waals surface area contributed by atoms with Gasteiger partial charge in [0.1, 0.15) is 0 Å². The molecule has 0 aromatic heterocycles. The van der Waals surface area contributed by atoms with Crippen molar-refractivity contribution in [2.75, 3.05) is 25.5 Å². The van der Waals surface area contributed by atoms with Gasteiger partial charge in [-0.25, -0.2) is 13.1 Å². The Morgan fingerprint density at radius 3 is 2.40 bits per heavy atom. The van der Waals surface area contributed by atoms with Crippen LogP contribution in [0.15, 0.2) is 29.2 Å². The summed E-state index contributed by atoms with van der Waals surface area (Å²) in [5.41, 5.74) is 0.601. The number of hydrogen-bond acceptors (Lipinski definition) is 4. The summed E-state index contributed by atoms with van der Waals surface area (Å²) in [7, 11) is -2.08. The standard InChI is InChI=1S/C13H19N3O3S/c1-9-7-15-8-12(9)13(17)16-10-3-5-11(6-4-10)20(18,19)14-2/h3-6,9,12,14-15H,7-8H2,1-2H3,(H,16,17). The Balaban J connectivity index is 2.06. The molecular formula is C13H19N3O3S. The molecule has 1 amide bonds. The second-order valence-electron chi connectivity index (χ2n) is 4.96. The summed E-state index contributed by atoms with van der Waals surface area (Å²) in [6, 6.07) is 6.12. The predicted molar refractivity (Wildman–Crippen MR) is 76.8 cm³/mol. The molecule has 1 aromatic rings. The van der Waals surface area contributed by atoms with Gasteiger partial charge in [0, 0.05) is 12.2 Å². The number of amides is 1. The summed E-state index contributed by atoms with van der Waals surface area (Å²) < 4.78 is 25.4. The van der Waals surface area contributed by atoms with Crippen LogP contribution in [0.3, 0.4) is 0 Å². The molecule has 0 spiro atoms. The Hall–Kier alpha value is -1.44. The summed E-state index contributed by atoms with van der Waals surface area (Å²) in [5, 5.41) is 5.99. The van der Waals surface area contributed by atoms with E-state index >= 15 is 0 Å². The zero-order valence-electron chi connectivity index (χ0n) is 11.5. The van der Waals surface area contributed by atoms with Crippen LogP contribution in [-0.4, -0.2) is 34.5 Å². The van der Waals surface area contributed by atoms with Gasteiger partial charge < -0.3 is 10.6 Å². The van der Waals surface area contributed by atoms with Gasteiger partial charge in [-0.1, -0.05) is 6.92 Å². The Morgan fingerprint density at radius 1 is 1.25 bits per heavy atom. The van der Waals surface area contributed by atoms with Gasteiger partial charge in [0.15, 0.2) is 0 Å². The highest BCUT2D eigenvalue weighted by Crippen LogP contribution is 2.19. The van der Waals surface area contributed by atoms with Crippen molar-refractivity contribution < 1.29 is 13.2 Å². The molecule has 20 heavy (non-hydrogen) atoms. The number of sulfonamides is 1. The average molecular weight is 297 g/mol. The van der Waals surface area contributed by atoms with Gasteiger partial charge in [-0.15, -0.1) is 0 Å². The number of carbonyl (C=O) groups is 1.